The third-order valence-electron chi connectivity index (χ3n) is 14.0. The summed E-state index contributed by atoms with van der Waals surface area (Å²) in [5.74, 6) is 0. The van der Waals surface area contributed by atoms with Gasteiger partial charge in [-0.05, 0) is 127 Å². The smallest absolute Gasteiger partial charge is 1.00 e. The minimum Gasteiger partial charge on any atom is -1.00 e. The first-order chi connectivity index (χ1) is 44.8. The zero-order valence-corrected chi connectivity index (χ0v) is 73.4. The maximum Gasteiger partial charge on any atom is 1.00 e. The number of anilines is 2. The van der Waals surface area contributed by atoms with Gasteiger partial charge in [0.25, 0.3) is 16.6 Å². The molecule has 99 heavy (non-hydrogen) atoms. The number of carbonyl (C=O) groups is 1. The first kappa shape index (κ1) is 102. The predicted octanol–water partition coefficient (Wildman–Crippen LogP) is 4.36. The maximum atomic E-state index is 10.7. The Morgan fingerprint density at radius 3 is 1.31 bits per heavy atom. The van der Waals surface area contributed by atoms with Gasteiger partial charge in [-0.25, -0.2) is 23.0 Å². The fourth-order valence-electron chi connectivity index (χ4n) is 9.31. The van der Waals surface area contributed by atoms with Gasteiger partial charge in [-0.3, -0.25) is 13.9 Å². The van der Waals surface area contributed by atoms with Gasteiger partial charge in [0.15, 0.2) is 17.1 Å². The van der Waals surface area contributed by atoms with Crippen molar-refractivity contribution in [2.75, 3.05) is 101 Å². The van der Waals surface area contributed by atoms with E-state index >= 15 is 0 Å². The number of nitrogens with one attached hydrogen (secondary N) is 1. The van der Waals surface area contributed by atoms with Crippen LogP contribution in [-0.2, 0) is 52.3 Å². The van der Waals surface area contributed by atoms with Gasteiger partial charge < -0.3 is 60.7 Å². The number of hydrogen-bond donors (Lipinski definition) is 2. The van der Waals surface area contributed by atoms with Gasteiger partial charge in [-0.15, -0.1) is 0 Å². The summed E-state index contributed by atoms with van der Waals surface area (Å²) in [6.07, 6.45) is 4.08. The summed E-state index contributed by atoms with van der Waals surface area (Å²) < 4.78 is 44.7. The maximum absolute atomic E-state index is 10.7. The summed E-state index contributed by atoms with van der Waals surface area (Å²) in [5.41, 5.74) is 9.61. The second-order valence-corrected chi connectivity index (χ2v) is 27.8. The third kappa shape index (κ3) is 42.6. The predicted molar refractivity (Wildman–Crippen MR) is 392 cm³/mol. The van der Waals surface area contributed by atoms with Crippen LogP contribution < -0.4 is 177 Å². The molecule has 0 aliphatic carbocycles. The number of hydrogen-bond acceptors (Lipinski definition) is 14. The van der Waals surface area contributed by atoms with Crippen molar-refractivity contribution in [1.29, 1.82) is 0 Å². The molecule has 2 heterocycles. The summed E-state index contributed by atoms with van der Waals surface area (Å²) in [6.45, 7) is 37.2. The van der Waals surface area contributed by atoms with Crippen molar-refractivity contribution in [3.63, 3.8) is 0 Å². The Labute approximate surface area is 747 Å². The Morgan fingerprint density at radius 2 is 0.970 bits per heavy atom. The van der Waals surface area contributed by atoms with Gasteiger partial charge in [0, 0.05) is 83.2 Å². The molecule has 0 unspecified atom stereocenters. The molecule has 0 aromatic heterocycles. The Bertz CT molecular complexity index is 3760. The number of aliphatic hydroxyl groups is 1. The molecule has 7 aromatic rings. The van der Waals surface area contributed by atoms with Crippen LogP contribution >= 0.6 is 80.3 Å². The van der Waals surface area contributed by atoms with Gasteiger partial charge in [0.2, 0.25) is 9.05 Å². The van der Waals surface area contributed by atoms with Gasteiger partial charge in [0.1, 0.15) is 0 Å². The fourth-order valence-corrected chi connectivity index (χ4v) is 11.0. The molecule has 2 N–H and O–H groups in total. The quantitative estimate of drug-likeness (QED) is 0.0192. The van der Waals surface area contributed by atoms with E-state index in [0.29, 0.717) is 50.0 Å². The van der Waals surface area contributed by atoms with E-state index in [9.17, 15) is 16.8 Å². The second kappa shape index (κ2) is 57.0. The molecule has 0 saturated carbocycles. The molecule has 522 valence electrons. The SMILES string of the molecule is C.CCN(CC)CC.CS(=O)(=O)Cl.Clc1ccc([C@@H]2CNCCN2c2ccc(Cl)cc2Cl)cc1.O=CO[O-].[C-]#[N+]c1ccc(CCN2CCN(c3ccc(Cl)cc3Cl)[C@H](c3ccc(Cl)cc3)C2)cc1.[C-]#[N+]c1ccc(CCO)cc1.[C-]#[N+]c1ccc(CCOS(C)(=O)=O)cc1.[H-].[I-].[K+].[K+].[Na+]. The van der Waals surface area contributed by atoms with E-state index in [1.54, 1.807) is 48.5 Å². The summed E-state index contributed by atoms with van der Waals surface area (Å²) in [7, 11) is -2.05. The van der Waals surface area contributed by atoms with Gasteiger partial charge in [0.05, 0.1) is 72.3 Å². The van der Waals surface area contributed by atoms with E-state index in [1.807, 2.05) is 84.9 Å². The summed E-state index contributed by atoms with van der Waals surface area (Å²) in [6, 6.07) is 49.9. The number of piperazine rings is 2. The van der Waals surface area contributed by atoms with Crippen molar-refractivity contribution in [3.05, 3.63) is 250 Å². The van der Waals surface area contributed by atoms with Crippen molar-refractivity contribution in [3.8, 4) is 0 Å². The number of halogens is 8. The molecule has 2 fully saturated rings. The Balaban J connectivity index is -0.000000586. The molecule has 2 aliphatic rings. The topological polar surface area (TPSA) is 185 Å². The average molecular weight is 1710 g/mol. The van der Waals surface area contributed by atoms with Crippen LogP contribution in [0.3, 0.4) is 0 Å². The Hall–Kier alpha value is -1.23. The van der Waals surface area contributed by atoms with Crippen LogP contribution in [0.5, 0.6) is 0 Å². The number of nitrogens with zero attached hydrogens (tertiary/aromatic N) is 7. The van der Waals surface area contributed by atoms with E-state index < -0.39 is 19.2 Å². The average Bonchev–Trinajstić information content (AvgIpc) is 0.802. The van der Waals surface area contributed by atoms with Crippen molar-refractivity contribution >= 4 is 134 Å². The molecular weight excluding hydrogens is 1630 g/mol. The van der Waals surface area contributed by atoms with Crippen molar-refractivity contribution in [2.45, 2.75) is 59.5 Å². The first-order valence-corrected chi connectivity index (χ1v) is 36.2. The molecule has 0 radical (unpaired) electrons. The number of carbonyl (C=O) groups excluding carboxylic acids is 1. The Kier molecular flexibility index (Phi) is 58.7. The first-order valence-electron chi connectivity index (χ1n) is 29.4. The number of aliphatic hydroxyl groups excluding tert-OH is 1. The molecule has 2 aliphatic heterocycles. The molecule has 0 spiro atoms. The van der Waals surface area contributed by atoms with Gasteiger partial charge in [-0.2, -0.15) is 8.42 Å². The zero-order valence-electron chi connectivity index (χ0n) is 57.0. The number of benzene rings is 7. The van der Waals surface area contributed by atoms with Crippen molar-refractivity contribution in [2.24, 2.45) is 0 Å². The van der Waals surface area contributed by atoms with Crippen LogP contribution in [0.25, 0.3) is 14.5 Å². The minimum absolute atomic E-state index is 0. The van der Waals surface area contributed by atoms with Crippen LogP contribution in [-0.4, -0.2) is 129 Å². The van der Waals surface area contributed by atoms with Crippen LogP contribution in [0.4, 0.5) is 28.4 Å². The van der Waals surface area contributed by atoms with Crippen LogP contribution in [0.2, 0.25) is 30.1 Å². The van der Waals surface area contributed by atoms with Crippen molar-refractivity contribution in [1.82, 2.24) is 15.1 Å². The molecule has 17 nitrogen and oxygen atoms in total. The van der Waals surface area contributed by atoms with E-state index in [-0.39, 0.29) is 197 Å². The van der Waals surface area contributed by atoms with Crippen LogP contribution in [0.15, 0.2) is 158 Å². The molecule has 9 rings (SSSR count). The molecule has 2 atom stereocenters. The molecule has 0 bridgehead atoms. The zero-order chi connectivity index (χ0) is 69.6. The van der Waals surface area contributed by atoms with E-state index in [2.05, 4.69) is 104 Å². The summed E-state index contributed by atoms with van der Waals surface area (Å²) in [5, 5.41) is 24.6. The number of rotatable bonds is 17. The normalized spacial score (nSPS) is 13.5. The van der Waals surface area contributed by atoms with E-state index in [1.165, 1.54) is 36.3 Å². The Morgan fingerprint density at radius 1 is 0.606 bits per heavy atom. The van der Waals surface area contributed by atoms with Crippen molar-refractivity contribution < 1.29 is 199 Å². The molecule has 2 saturated heterocycles. The van der Waals surface area contributed by atoms with Gasteiger partial charge in [-0.1, -0.05) is 195 Å². The molecule has 0 amide bonds. The van der Waals surface area contributed by atoms with Gasteiger partial charge >= 0.3 is 132 Å². The standard InChI is InChI=1S/C25H22Cl3N3.C16H15Cl3N2.C10H11NO3S.C9H9NO.C6H15N.CH3ClO2S.CH2O3.CH4.HI.2K.Na.H/c1-29-22-9-2-18(3-10-22)12-13-30-14-15-31(24-11-8-21(27)16-23(24)28)25(17-30)19-4-6-20(26)7-5-19;17-12-3-1-11(2-4-12)16-10-20-7-8-21(16)15-6-5-13(18)9-14(15)19;1-11-10-5-3-9(4-6-10)7-8-14-15(2,12)13;1-10-9-4-2-8(3-5-9)6-7-11;1-4-7(5-2)6-3;1-5(2,3)4;2-1-4-3;;;;;;/h2-11,16,25H,12-15,17H2;1-6,9,16,20H,7-8,10H2;3-6H,7-8H2,2H3;2-5,11H,6-7H2;4-6H2,1-3H3;1H3;1,3H;1H4;1H;;;;/q;;;;;;;;;3*+1;-1/p-2/t25-;16-;;;;;;;;;;;/m00.........../s1. The largest absolute Gasteiger partial charge is 1.00 e. The summed E-state index contributed by atoms with van der Waals surface area (Å²) in [4.78, 5) is 30.8. The summed E-state index contributed by atoms with van der Waals surface area (Å²) >= 11 is 37.2. The van der Waals surface area contributed by atoms with Crippen LogP contribution in [0, 0.1) is 19.7 Å². The monoisotopic (exact) mass is 1700 g/mol. The third-order valence-corrected chi connectivity index (χ3v) is 16.2. The molecule has 7 aromatic carbocycles. The van der Waals surface area contributed by atoms with E-state index in [4.69, 9.17) is 104 Å². The fraction of sp³-hybridized carbons (Fsp3) is 0.333. The van der Waals surface area contributed by atoms with E-state index in [0.717, 1.165) is 97.3 Å². The second-order valence-electron chi connectivity index (χ2n) is 20.5. The molecule has 30 heteroatoms. The minimum atomic E-state index is -3.36. The van der Waals surface area contributed by atoms with Crippen LogP contribution in [0.1, 0.15) is 69.5 Å². The molecular formula is C69H81Cl7IK2N8NaO9S2.